The van der Waals surface area contributed by atoms with E-state index in [4.69, 9.17) is 16.3 Å². The van der Waals surface area contributed by atoms with E-state index >= 15 is 0 Å². The predicted molar refractivity (Wildman–Crippen MR) is 78.3 cm³/mol. The van der Waals surface area contributed by atoms with Gasteiger partial charge in [-0.2, -0.15) is 0 Å². The third-order valence-electron chi connectivity index (χ3n) is 2.94. The summed E-state index contributed by atoms with van der Waals surface area (Å²) in [6, 6.07) is 9.20. The Balaban J connectivity index is 2.47. The summed E-state index contributed by atoms with van der Waals surface area (Å²) in [6.07, 6.45) is 0. The van der Waals surface area contributed by atoms with Crippen LogP contribution in [0.5, 0.6) is 0 Å². The van der Waals surface area contributed by atoms with Crippen LogP contribution in [0.1, 0.15) is 25.0 Å². The zero-order valence-corrected chi connectivity index (χ0v) is 12.4. The zero-order chi connectivity index (χ0) is 13.4. The van der Waals surface area contributed by atoms with Crippen LogP contribution in [-0.2, 0) is 11.3 Å². The van der Waals surface area contributed by atoms with Crippen molar-refractivity contribution in [3.8, 4) is 0 Å². The number of nitrogens with zero attached hydrogens (tertiary/aromatic N) is 1. The number of hydrogen-bond donors (Lipinski definition) is 0. The summed E-state index contributed by atoms with van der Waals surface area (Å²) in [7, 11) is 0. The van der Waals surface area contributed by atoms with Crippen LogP contribution < -0.4 is 0 Å². The second-order valence-electron chi connectivity index (χ2n) is 4.85. The largest absolute Gasteiger partial charge is 0.379 e. The van der Waals surface area contributed by atoms with Crippen LogP contribution in [0.4, 0.5) is 0 Å². The molecule has 0 radical (unpaired) electrons. The topological polar surface area (TPSA) is 12.5 Å². The molecule has 102 valence electrons. The molecule has 0 N–H and O–H groups in total. The summed E-state index contributed by atoms with van der Waals surface area (Å²) >= 11 is 5.59. The molecule has 3 heteroatoms. The molecular formula is C15H24ClNO. The van der Waals surface area contributed by atoms with Gasteiger partial charge in [-0.15, -0.1) is 11.6 Å². The van der Waals surface area contributed by atoms with Crippen LogP contribution in [0.15, 0.2) is 24.3 Å². The van der Waals surface area contributed by atoms with Crippen LogP contribution in [-0.4, -0.2) is 36.6 Å². The molecule has 0 aliphatic rings. The van der Waals surface area contributed by atoms with Crippen molar-refractivity contribution >= 4 is 11.6 Å². The third kappa shape index (κ3) is 5.85. The Morgan fingerprint density at radius 1 is 1.28 bits per heavy atom. The molecule has 0 aromatic heterocycles. The fourth-order valence-electron chi connectivity index (χ4n) is 1.90. The summed E-state index contributed by atoms with van der Waals surface area (Å²) in [5, 5.41) is 0. The molecule has 18 heavy (non-hydrogen) atoms. The Bertz CT molecular complexity index is 341. The van der Waals surface area contributed by atoms with Gasteiger partial charge in [-0.1, -0.05) is 29.8 Å². The molecule has 0 amide bonds. The molecule has 0 aliphatic carbocycles. The quantitative estimate of drug-likeness (QED) is 0.529. The van der Waals surface area contributed by atoms with E-state index < -0.39 is 0 Å². The molecule has 0 saturated heterocycles. The average molecular weight is 270 g/mol. The van der Waals surface area contributed by atoms with E-state index in [1.807, 2.05) is 0 Å². The molecule has 0 spiro atoms. The van der Waals surface area contributed by atoms with Crippen LogP contribution in [0.3, 0.4) is 0 Å². The fourth-order valence-corrected chi connectivity index (χ4v) is 2.01. The number of aryl methyl sites for hydroxylation is 1. The van der Waals surface area contributed by atoms with Crippen molar-refractivity contribution in [2.75, 3.05) is 25.6 Å². The van der Waals surface area contributed by atoms with Crippen molar-refractivity contribution in [1.82, 2.24) is 4.90 Å². The number of rotatable bonds is 8. The highest BCUT2D eigenvalue weighted by Crippen LogP contribution is 2.10. The molecule has 1 aromatic carbocycles. The van der Waals surface area contributed by atoms with E-state index in [1.54, 1.807) is 0 Å². The van der Waals surface area contributed by atoms with E-state index in [0.29, 0.717) is 18.5 Å². The highest BCUT2D eigenvalue weighted by molar-refractivity contribution is 6.17. The molecule has 0 heterocycles. The van der Waals surface area contributed by atoms with Gasteiger partial charge in [0.2, 0.25) is 0 Å². The first kappa shape index (κ1) is 15.5. The lowest BCUT2D eigenvalue weighted by molar-refractivity contribution is 0.0984. The molecule has 0 bridgehead atoms. The van der Waals surface area contributed by atoms with Gasteiger partial charge in [-0.05, 0) is 26.3 Å². The highest BCUT2D eigenvalue weighted by atomic mass is 35.5. The minimum Gasteiger partial charge on any atom is -0.379 e. The Morgan fingerprint density at radius 3 is 2.67 bits per heavy atom. The first-order valence-electron chi connectivity index (χ1n) is 6.56. The van der Waals surface area contributed by atoms with Gasteiger partial charge in [0.05, 0.1) is 13.2 Å². The van der Waals surface area contributed by atoms with Gasteiger partial charge in [0.1, 0.15) is 0 Å². The number of benzene rings is 1. The number of halogens is 1. The summed E-state index contributed by atoms with van der Waals surface area (Å²) in [4.78, 5) is 2.42. The van der Waals surface area contributed by atoms with E-state index in [9.17, 15) is 0 Å². The Hall–Kier alpha value is -0.570. The SMILES string of the molecule is Cc1cccc(CN(CCOCCCl)C(C)C)c1. The minimum atomic E-state index is 0.519. The van der Waals surface area contributed by atoms with Crippen molar-refractivity contribution in [2.45, 2.75) is 33.4 Å². The summed E-state index contributed by atoms with van der Waals surface area (Å²) in [5.41, 5.74) is 2.68. The molecule has 0 aliphatic heterocycles. The third-order valence-corrected chi connectivity index (χ3v) is 3.10. The van der Waals surface area contributed by atoms with Gasteiger partial charge in [0.25, 0.3) is 0 Å². The Morgan fingerprint density at radius 2 is 2.06 bits per heavy atom. The van der Waals surface area contributed by atoms with E-state index in [1.165, 1.54) is 11.1 Å². The molecule has 0 atom stereocenters. The van der Waals surface area contributed by atoms with Gasteiger partial charge in [0, 0.05) is 25.0 Å². The van der Waals surface area contributed by atoms with E-state index in [0.717, 1.165) is 19.7 Å². The van der Waals surface area contributed by atoms with Crippen molar-refractivity contribution in [3.05, 3.63) is 35.4 Å². The van der Waals surface area contributed by atoms with Crippen molar-refractivity contribution in [3.63, 3.8) is 0 Å². The summed E-state index contributed by atoms with van der Waals surface area (Å²) in [5.74, 6) is 0.569. The first-order chi connectivity index (χ1) is 8.63. The average Bonchev–Trinajstić information content (AvgIpc) is 2.33. The Labute approximate surface area is 116 Å². The van der Waals surface area contributed by atoms with Crippen LogP contribution >= 0.6 is 11.6 Å². The van der Waals surface area contributed by atoms with Gasteiger partial charge >= 0.3 is 0 Å². The molecule has 0 saturated carbocycles. The number of hydrogen-bond acceptors (Lipinski definition) is 2. The van der Waals surface area contributed by atoms with Crippen molar-refractivity contribution in [2.24, 2.45) is 0 Å². The predicted octanol–water partition coefficient (Wildman–Crippen LogP) is 3.46. The number of ether oxygens (including phenoxy) is 1. The maximum absolute atomic E-state index is 5.59. The molecule has 0 fully saturated rings. The maximum atomic E-state index is 5.59. The second kappa shape index (κ2) is 8.52. The Kier molecular flexibility index (Phi) is 7.33. The van der Waals surface area contributed by atoms with Gasteiger partial charge in [-0.25, -0.2) is 0 Å². The fraction of sp³-hybridized carbons (Fsp3) is 0.600. The normalized spacial score (nSPS) is 11.4. The standard InChI is InChI=1S/C15H24ClNO/c1-13(2)17(8-10-18-9-7-16)12-15-6-4-5-14(3)11-15/h4-6,11,13H,7-10,12H2,1-3H3. The lowest BCUT2D eigenvalue weighted by Crippen LogP contribution is -2.33. The van der Waals surface area contributed by atoms with Crippen LogP contribution in [0.2, 0.25) is 0 Å². The van der Waals surface area contributed by atoms with E-state index in [-0.39, 0.29) is 0 Å². The van der Waals surface area contributed by atoms with Gasteiger partial charge in [-0.3, -0.25) is 4.90 Å². The molecular weight excluding hydrogens is 246 g/mol. The van der Waals surface area contributed by atoms with Crippen LogP contribution in [0.25, 0.3) is 0 Å². The number of alkyl halides is 1. The molecule has 1 rings (SSSR count). The van der Waals surface area contributed by atoms with Crippen LogP contribution in [0, 0.1) is 6.92 Å². The lowest BCUT2D eigenvalue weighted by Gasteiger charge is -2.26. The van der Waals surface area contributed by atoms with Crippen molar-refractivity contribution < 1.29 is 4.74 Å². The smallest absolute Gasteiger partial charge is 0.0602 e. The van der Waals surface area contributed by atoms with Gasteiger partial charge < -0.3 is 4.74 Å². The molecule has 0 unspecified atom stereocenters. The maximum Gasteiger partial charge on any atom is 0.0602 e. The summed E-state index contributed by atoms with van der Waals surface area (Å²) in [6.45, 7) is 9.88. The second-order valence-corrected chi connectivity index (χ2v) is 5.23. The minimum absolute atomic E-state index is 0.519. The van der Waals surface area contributed by atoms with E-state index in [2.05, 4.69) is 49.9 Å². The first-order valence-corrected chi connectivity index (χ1v) is 7.10. The molecule has 1 aromatic rings. The van der Waals surface area contributed by atoms with Crippen molar-refractivity contribution in [1.29, 1.82) is 0 Å². The highest BCUT2D eigenvalue weighted by Gasteiger charge is 2.09. The molecule has 2 nitrogen and oxygen atoms in total. The lowest BCUT2D eigenvalue weighted by atomic mass is 10.1. The van der Waals surface area contributed by atoms with Gasteiger partial charge in [0.15, 0.2) is 0 Å². The monoisotopic (exact) mass is 269 g/mol. The summed E-state index contributed by atoms with van der Waals surface area (Å²) < 4.78 is 5.45. The zero-order valence-electron chi connectivity index (χ0n) is 11.7.